The van der Waals surface area contributed by atoms with Crippen molar-refractivity contribution in [3.63, 3.8) is 0 Å². The molecule has 1 aromatic heterocycles. The molecule has 2 heterocycles. The Labute approximate surface area is 177 Å². The number of piperidine rings is 1. The van der Waals surface area contributed by atoms with Gasteiger partial charge in [-0.2, -0.15) is 0 Å². The second-order valence-electron chi connectivity index (χ2n) is 7.71. The van der Waals surface area contributed by atoms with Gasteiger partial charge in [0.25, 0.3) is 0 Å². The lowest BCUT2D eigenvalue weighted by Crippen LogP contribution is -2.50. The van der Waals surface area contributed by atoms with Crippen LogP contribution in [0.25, 0.3) is 5.69 Å². The maximum absolute atomic E-state index is 12.8. The summed E-state index contributed by atoms with van der Waals surface area (Å²) in [6, 6.07) is 6.45. The fraction of sp³-hybridized carbons (Fsp3) is 0.500. The third-order valence-electron chi connectivity index (χ3n) is 5.03. The first-order chi connectivity index (χ1) is 14.0. The molecule has 1 aromatic carbocycles. The van der Waals surface area contributed by atoms with E-state index in [-0.39, 0.29) is 17.9 Å². The van der Waals surface area contributed by atoms with Crippen LogP contribution in [-0.4, -0.2) is 51.1 Å². The van der Waals surface area contributed by atoms with Gasteiger partial charge in [-0.1, -0.05) is 24.8 Å². The van der Waals surface area contributed by atoms with Crippen molar-refractivity contribution in [3.05, 3.63) is 41.7 Å². The van der Waals surface area contributed by atoms with Crippen molar-refractivity contribution in [1.82, 2.24) is 19.8 Å². The summed E-state index contributed by atoms with van der Waals surface area (Å²) >= 11 is 1.46. The molecule has 6 nitrogen and oxygen atoms in total. The Hall–Kier alpha value is -2.28. The molecule has 156 valence electrons. The molecule has 1 atom stereocenters. The van der Waals surface area contributed by atoms with Gasteiger partial charge in [-0.15, -0.1) is 0 Å². The first kappa shape index (κ1) is 21.4. The first-order valence-corrected chi connectivity index (χ1v) is 11.3. The Balaban J connectivity index is 1.58. The van der Waals surface area contributed by atoms with Crippen LogP contribution in [0.1, 0.15) is 43.7 Å². The normalized spacial score (nSPS) is 16.7. The minimum Gasteiger partial charge on any atom is -0.352 e. The molecule has 0 aliphatic carbocycles. The maximum atomic E-state index is 12.8. The number of aromatic nitrogens is 2. The molecule has 2 amide bonds. The maximum Gasteiger partial charge on any atom is 0.233 e. The van der Waals surface area contributed by atoms with Crippen molar-refractivity contribution in [3.8, 4) is 5.69 Å². The summed E-state index contributed by atoms with van der Waals surface area (Å²) in [7, 11) is 0. The van der Waals surface area contributed by atoms with Gasteiger partial charge < -0.3 is 10.2 Å². The Bertz CT molecular complexity index is 844. The van der Waals surface area contributed by atoms with Crippen LogP contribution in [0, 0.1) is 13.8 Å². The number of aryl methyl sites for hydroxylation is 2. The highest BCUT2D eigenvalue weighted by Gasteiger charge is 2.25. The van der Waals surface area contributed by atoms with Gasteiger partial charge >= 0.3 is 0 Å². The van der Waals surface area contributed by atoms with Crippen LogP contribution in [0.3, 0.4) is 0 Å². The summed E-state index contributed by atoms with van der Waals surface area (Å²) in [6.45, 7) is 7.51. The molecule has 0 saturated carbocycles. The average Bonchev–Trinajstić information content (AvgIpc) is 3.14. The number of thioether (sulfide) groups is 1. The number of nitrogens with one attached hydrogen (secondary N) is 1. The van der Waals surface area contributed by atoms with E-state index in [2.05, 4.69) is 42.3 Å². The molecule has 0 spiro atoms. The van der Waals surface area contributed by atoms with E-state index in [0.717, 1.165) is 36.7 Å². The smallest absolute Gasteiger partial charge is 0.233 e. The fourth-order valence-corrected chi connectivity index (χ4v) is 4.62. The van der Waals surface area contributed by atoms with E-state index in [4.69, 9.17) is 0 Å². The van der Waals surface area contributed by atoms with Crippen LogP contribution in [0.4, 0.5) is 0 Å². The minimum absolute atomic E-state index is 0.0639. The van der Waals surface area contributed by atoms with Crippen molar-refractivity contribution in [2.75, 3.05) is 18.8 Å². The van der Waals surface area contributed by atoms with E-state index in [1.54, 1.807) is 6.20 Å². The lowest BCUT2D eigenvalue weighted by atomic mass is 10.1. The van der Waals surface area contributed by atoms with E-state index >= 15 is 0 Å². The number of amides is 2. The number of likely N-dealkylation sites (tertiary alicyclic amines) is 1. The van der Waals surface area contributed by atoms with Gasteiger partial charge in [0.05, 0.1) is 5.75 Å². The van der Waals surface area contributed by atoms with Crippen molar-refractivity contribution in [2.45, 2.75) is 57.7 Å². The van der Waals surface area contributed by atoms with Gasteiger partial charge in [-0.25, -0.2) is 4.98 Å². The SMILES string of the molecule is CCCC(=O)NC1CCCN(C(=O)CSc2nccn2-c2cc(C)cc(C)c2)C1. The summed E-state index contributed by atoms with van der Waals surface area (Å²) in [5, 5.41) is 3.87. The summed E-state index contributed by atoms with van der Waals surface area (Å²) in [5.41, 5.74) is 3.46. The second kappa shape index (κ2) is 9.96. The highest BCUT2D eigenvalue weighted by atomic mass is 32.2. The second-order valence-corrected chi connectivity index (χ2v) is 8.65. The summed E-state index contributed by atoms with van der Waals surface area (Å²) in [4.78, 5) is 30.9. The summed E-state index contributed by atoms with van der Waals surface area (Å²) in [6.07, 6.45) is 6.94. The standard InChI is InChI=1S/C22H30N4O2S/c1-4-6-20(27)24-18-7-5-9-25(14-18)21(28)15-29-22-23-8-10-26(22)19-12-16(2)11-17(3)13-19/h8,10-13,18H,4-7,9,14-15H2,1-3H3,(H,24,27). The molecule has 1 aliphatic rings. The average molecular weight is 415 g/mol. The van der Waals surface area contributed by atoms with Crippen LogP contribution in [0.5, 0.6) is 0 Å². The molecule has 1 saturated heterocycles. The van der Waals surface area contributed by atoms with Crippen molar-refractivity contribution >= 4 is 23.6 Å². The molecular formula is C22H30N4O2S. The number of hydrogen-bond donors (Lipinski definition) is 1. The topological polar surface area (TPSA) is 67.2 Å². The molecule has 3 rings (SSSR count). The summed E-state index contributed by atoms with van der Waals surface area (Å²) < 4.78 is 2.03. The van der Waals surface area contributed by atoms with Crippen molar-refractivity contribution in [1.29, 1.82) is 0 Å². The first-order valence-electron chi connectivity index (χ1n) is 10.3. The third-order valence-corrected chi connectivity index (χ3v) is 5.98. The van der Waals surface area contributed by atoms with E-state index in [1.165, 1.54) is 22.9 Å². The molecular weight excluding hydrogens is 384 g/mol. The van der Waals surface area contributed by atoms with Gasteiger partial charge in [0.2, 0.25) is 11.8 Å². The zero-order chi connectivity index (χ0) is 20.8. The van der Waals surface area contributed by atoms with Gasteiger partial charge in [0, 0.05) is 43.6 Å². The molecule has 29 heavy (non-hydrogen) atoms. The van der Waals surface area contributed by atoms with Gasteiger partial charge in [0.15, 0.2) is 5.16 Å². The third kappa shape index (κ3) is 5.85. The Morgan fingerprint density at radius 1 is 1.24 bits per heavy atom. The predicted molar refractivity (Wildman–Crippen MR) is 116 cm³/mol. The number of carbonyl (C=O) groups excluding carboxylic acids is 2. The minimum atomic E-state index is 0.0639. The van der Waals surface area contributed by atoms with E-state index in [1.807, 2.05) is 22.6 Å². The lowest BCUT2D eigenvalue weighted by Gasteiger charge is -2.33. The Morgan fingerprint density at radius 3 is 2.72 bits per heavy atom. The number of nitrogens with zero attached hydrogens (tertiary/aromatic N) is 3. The van der Waals surface area contributed by atoms with Gasteiger partial charge in [-0.05, 0) is 56.4 Å². The molecule has 1 aliphatic heterocycles. The van der Waals surface area contributed by atoms with E-state index in [9.17, 15) is 9.59 Å². The lowest BCUT2D eigenvalue weighted by molar-refractivity contribution is -0.131. The Kier molecular flexibility index (Phi) is 7.36. The largest absolute Gasteiger partial charge is 0.352 e. The summed E-state index contributed by atoms with van der Waals surface area (Å²) in [5.74, 6) is 0.522. The van der Waals surface area contributed by atoms with Crippen LogP contribution in [-0.2, 0) is 9.59 Å². The van der Waals surface area contributed by atoms with E-state index in [0.29, 0.717) is 18.7 Å². The highest BCUT2D eigenvalue weighted by Crippen LogP contribution is 2.23. The Morgan fingerprint density at radius 2 is 2.00 bits per heavy atom. The molecule has 2 aromatic rings. The predicted octanol–water partition coefficient (Wildman–Crippen LogP) is 3.49. The fourth-order valence-electron chi connectivity index (χ4n) is 3.75. The van der Waals surface area contributed by atoms with E-state index < -0.39 is 0 Å². The quantitative estimate of drug-likeness (QED) is 0.705. The monoisotopic (exact) mass is 414 g/mol. The molecule has 0 bridgehead atoms. The van der Waals surface area contributed by atoms with Gasteiger partial charge in [-0.3, -0.25) is 14.2 Å². The molecule has 1 N–H and O–H groups in total. The molecule has 0 radical (unpaired) electrons. The van der Waals surface area contributed by atoms with Crippen molar-refractivity contribution in [2.24, 2.45) is 0 Å². The highest BCUT2D eigenvalue weighted by molar-refractivity contribution is 7.99. The number of imidazole rings is 1. The number of benzene rings is 1. The van der Waals surface area contributed by atoms with Crippen LogP contribution in [0.15, 0.2) is 35.7 Å². The van der Waals surface area contributed by atoms with Crippen LogP contribution >= 0.6 is 11.8 Å². The van der Waals surface area contributed by atoms with Crippen LogP contribution < -0.4 is 5.32 Å². The van der Waals surface area contributed by atoms with Gasteiger partial charge in [0.1, 0.15) is 0 Å². The molecule has 7 heteroatoms. The number of carbonyl (C=O) groups is 2. The zero-order valence-corrected chi connectivity index (χ0v) is 18.3. The molecule has 1 fully saturated rings. The van der Waals surface area contributed by atoms with Crippen molar-refractivity contribution < 1.29 is 9.59 Å². The molecule has 1 unspecified atom stereocenters. The number of rotatable bonds is 7. The van der Waals surface area contributed by atoms with Crippen LogP contribution in [0.2, 0.25) is 0 Å². The zero-order valence-electron chi connectivity index (χ0n) is 17.5. The number of hydrogen-bond acceptors (Lipinski definition) is 4.